The van der Waals surface area contributed by atoms with Crippen molar-refractivity contribution in [3.63, 3.8) is 0 Å². The van der Waals surface area contributed by atoms with E-state index in [0.29, 0.717) is 29.7 Å². The van der Waals surface area contributed by atoms with Gasteiger partial charge in [0.2, 0.25) is 11.8 Å². The fourth-order valence-corrected chi connectivity index (χ4v) is 1.63. The molecule has 0 aromatic carbocycles. The van der Waals surface area contributed by atoms with Crippen LogP contribution in [-0.4, -0.2) is 21.8 Å². The van der Waals surface area contributed by atoms with Crippen LogP contribution in [0.3, 0.4) is 0 Å². The number of anilines is 1. The van der Waals surface area contributed by atoms with E-state index in [2.05, 4.69) is 25.9 Å². The van der Waals surface area contributed by atoms with Crippen LogP contribution in [0.2, 0.25) is 0 Å². The number of hydrogen-bond acceptors (Lipinski definition) is 4. The number of halogens is 1. The molecule has 1 saturated heterocycles. The Labute approximate surface area is 94.6 Å². The van der Waals surface area contributed by atoms with Crippen LogP contribution in [0.4, 0.5) is 5.82 Å². The number of aromatic nitrogens is 2. The molecule has 1 aliphatic heterocycles. The van der Waals surface area contributed by atoms with E-state index in [1.165, 1.54) is 12.4 Å². The summed E-state index contributed by atoms with van der Waals surface area (Å²) in [4.78, 5) is 32.0. The molecule has 1 aromatic heterocycles. The van der Waals surface area contributed by atoms with E-state index in [9.17, 15) is 9.59 Å². The fraction of sp³-hybridized carbons (Fsp3) is 0.333. The topological polar surface area (TPSA) is 63.2 Å². The smallest absolute Gasteiger partial charge is 0.235 e. The minimum atomic E-state index is -0.206. The summed E-state index contributed by atoms with van der Waals surface area (Å²) in [6.45, 7) is 0. The van der Waals surface area contributed by atoms with Gasteiger partial charge in [0.25, 0.3) is 0 Å². The van der Waals surface area contributed by atoms with Crippen LogP contribution in [0, 0.1) is 0 Å². The Hall–Kier alpha value is -1.30. The summed E-state index contributed by atoms with van der Waals surface area (Å²) in [5.74, 6) is -0.112. The molecule has 2 rings (SSSR count). The molecule has 0 saturated carbocycles. The Bertz CT molecular complexity index is 388. The molecule has 1 aliphatic rings. The van der Waals surface area contributed by atoms with Gasteiger partial charge in [-0.05, 0) is 22.4 Å². The van der Waals surface area contributed by atoms with Gasteiger partial charge < -0.3 is 0 Å². The molecule has 6 heteroatoms. The van der Waals surface area contributed by atoms with Gasteiger partial charge >= 0.3 is 0 Å². The van der Waals surface area contributed by atoms with Crippen molar-refractivity contribution < 1.29 is 9.59 Å². The quantitative estimate of drug-likeness (QED) is 0.721. The maximum absolute atomic E-state index is 11.5. The monoisotopic (exact) mass is 269 g/mol. The van der Waals surface area contributed by atoms with Crippen molar-refractivity contribution in [1.29, 1.82) is 0 Å². The Balaban J connectivity index is 2.31. The first-order valence-corrected chi connectivity index (χ1v) is 5.31. The van der Waals surface area contributed by atoms with Crippen molar-refractivity contribution in [2.24, 2.45) is 0 Å². The summed E-state index contributed by atoms with van der Waals surface area (Å²) < 4.78 is 0.572. The first kappa shape index (κ1) is 10.2. The van der Waals surface area contributed by atoms with Gasteiger partial charge in [-0.3, -0.25) is 9.59 Å². The fourth-order valence-electron chi connectivity index (χ4n) is 1.43. The van der Waals surface area contributed by atoms with Gasteiger partial charge in [0.05, 0.1) is 12.4 Å². The van der Waals surface area contributed by atoms with Gasteiger partial charge in [-0.25, -0.2) is 14.9 Å². The molecule has 0 radical (unpaired) electrons. The molecule has 1 fully saturated rings. The molecular formula is C9H8BrN3O2. The van der Waals surface area contributed by atoms with Gasteiger partial charge in [0.15, 0.2) is 5.82 Å². The van der Waals surface area contributed by atoms with Gasteiger partial charge in [-0.2, -0.15) is 0 Å². The van der Waals surface area contributed by atoms with Crippen molar-refractivity contribution in [2.45, 2.75) is 19.3 Å². The normalized spacial score (nSPS) is 17.0. The van der Waals surface area contributed by atoms with E-state index in [1.54, 1.807) is 0 Å². The molecular weight excluding hydrogens is 262 g/mol. The zero-order valence-electron chi connectivity index (χ0n) is 7.81. The van der Waals surface area contributed by atoms with E-state index in [4.69, 9.17) is 0 Å². The highest BCUT2D eigenvalue weighted by atomic mass is 79.9. The minimum Gasteiger partial charge on any atom is -0.274 e. The van der Waals surface area contributed by atoms with Crippen LogP contribution in [0.5, 0.6) is 0 Å². The first-order chi connectivity index (χ1) is 7.18. The Morgan fingerprint density at radius 3 is 2.33 bits per heavy atom. The predicted octanol–water partition coefficient (Wildman–Crippen LogP) is 1.28. The Morgan fingerprint density at radius 2 is 1.80 bits per heavy atom. The van der Waals surface area contributed by atoms with Gasteiger partial charge in [0.1, 0.15) is 4.60 Å². The van der Waals surface area contributed by atoms with Gasteiger partial charge in [-0.1, -0.05) is 0 Å². The average molecular weight is 270 g/mol. The highest BCUT2D eigenvalue weighted by molar-refractivity contribution is 9.10. The third kappa shape index (κ3) is 2.04. The SMILES string of the molecule is O=C1CCCC(=O)N1c1cnc(Br)cn1. The molecule has 0 N–H and O–H groups in total. The third-order valence-corrected chi connectivity index (χ3v) is 2.53. The summed E-state index contributed by atoms with van der Waals surface area (Å²) in [5, 5.41) is 0. The molecule has 2 amide bonds. The van der Waals surface area contributed by atoms with Crippen molar-refractivity contribution >= 4 is 33.6 Å². The summed E-state index contributed by atoms with van der Waals surface area (Å²) in [7, 11) is 0. The number of imide groups is 1. The summed E-state index contributed by atoms with van der Waals surface area (Å²) in [6.07, 6.45) is 4.28. The highest BCUT2D eigenvalue weighted by Crippen LogP contribution is 2.19. The minimum absolute atomic E-state index is 0.206. The lowest BCUT2D eigenvalue weighted by Gasteiger charge is -2.23. The number of nitrogens with zero attached hydrogens (tertiary/aromatic N) is 3. The molecule has 0 spiro atoms. The number of carbonyl (C=O) groups is 2. The van der Waals surface area contributed by atoms with Crippen LogP contribution in [0.1, 0.15) is 19.3 Å². The van der Waals surface area contributed by atoms with E-state index < -0.39 is 0 Å². The molecule has 2 heterocycles. The lowest BCUT2D eigenvalue weighted by atomic mass is 10.1. The molecule has 1 aromatic rings. The number of amides is 2. The molecule has 0 bridgehead atoms. The molecule has 0 atom stereocenters. The number of piperidine rings is 1. The van der Waals surface area contributed by atoms with E-state index in [-0.39, 0.29) is 11.8 Å². The number of hydrogen-bond donors (Lipinski definition) is 0. The largest absolute Gasteiger partial charge is 0.274 e. The second kappa shape index (κ2) is 4.06. The van der Waals surface area contributed by atoms with Crippen molar-refractivity contribution in [1.82, 2.24) is 9.97 Å². The van der Waals surface area contributed by atoms with Crippen molar-refractivity contribution in [2.75, 3.05) is 4.90 Å². The van der Waals surface area contributed by atoms with Crippen LogP contribution in [0.25, 0.3) is 0 Å². The second-order valence-electron chi connectivity index (χ2n) is 3.17. The zero-order chi connectivity index (χ0) is 10.8. The number of carbonyl (C=O) groups excluding carboxylic acids is 2. The van der Waals surface area contributed by atoms with E-state index in [1.807, 2.05) is 0 Å². The van der Waals surface area contributed by atoms with Gasteiger partial charge in [0, 0.05) is 12.8 Å². The average Bonchev–Trinajstić information content (AvgIpc) is 2.20. The van der Waals surface area contributed by atoms with Gasteiger partial charge in [-0.15, -0.1) is 0 Å². The number of rotatable bonds is 1. The molecule has 0 unspecified atom stereocenters. The van der Waals surface area contributed by atoms with E-state index in [0.717, 1.165) is 4.90 Å². The van der Waals surface area contributed by atoms with E-state index >= 15 is 0 Å². The Kier molecular flexibility index (Phi) is 2.77. The van der Waals surface area contributed by atoms with Crippen molar-refractivity contribution in [3.8, 4) is 0 Å². The molecule has 0 aliphatic carbocycles. The van der Waals surface area contributed by atoms with Crippen LogP contribution in [-0.2, 0) is 9.59 Å². The third-order valence-electron chi connectivity index (χ3n) is 2.12. The molecule has 78 valence electrons. The maximum atomic E-state index is 11.5. The Morgan fingerprint density at radius 1 is 1.13 bits per heavy atom. The predicted molar refractivity (Wildman–Crippen MR) is 56.1 cm³/mol. The van der Waals surface area contributed by atoms with Crippen LogP contribution < -0.4 is 4.90 Å². The molecule has 5 nitrogen and oxygen atoms in total. The standard InChI is InChI=1S/C9H8BrN3O2/c10-6-4-12-7(5-11-6)13-8(14)2-1-3-9(13)15/h4-5H,1-3H2. The van der Waals surface area contributed by atoms with Crippen molar-refractivity contribution in [3.05, 3.63) is 17.0 Å². The lowest BCUT2D eigenvalue weighted by molar-refractivity contribution is -0.129. The first-order valence-electron chi connectivity index (χ1n) is 4.52. The van der Waals surface area contributed by atoms with Crippen LogP contribution >= 0.6 is 15.9 Å². The van der Waals surface area contributed by atoms with Crippen LogP contribution in [0.15, 0.2) is 17.0 Å². The second-order valence-corrected chi connectivity index (χ2v) is 3.99. The summed E-state index contributed by atoms with van der Waals surface area (Å²) in [6, 6.07) is 0. The summed E-state index contributed by atoms with van der Waals surface area (Å²) in [5.41, 5.74) is 0. The molecule has 15 heavy (non-hydrogen) atoms. The summed E-state index contributed by atoms with van der Waals surface area (Å²) >= 11 is 3.14. The lowest BCUT2D eigenvalue weighted by Crippen LogP contribution is -2.40. The highest BCUT2D eigenvalue weighted by Gasteiger charge is 2.28. The zero-order valence-corrected chi connectivity index (χ0v) is 9.40. The maximum Gasteiger partial charge on any atom is 0.235 e.